The van der Waals surface area contributed by atoms with Crippen LogP contribution in [0.1, 0.15) is 31.6 Å². The molecule has 1 atom stereocenters. The van der Waals surface area contributed by atoms with Crippen molar-refractivity contribution >= 4 is 5.91 Å². The predicted octanol–water partition coefficient (Wildman–Crippen LogP) is 0.170. The topological polar surface area (TPSA) is 82.1 Å². The molecule has 134 valence electrons. The van der Waals surface area contributed by atoms with Crippen molar-refractivity contribution < 1.29 is 4.79 Å². The Morgan fingerprint density at radius 1 is 1.32 bits per heavy atom. The molecule has 0 radical (unpaired) electrons. The lowest BCUT2D eigenvalue weighted by Gasteiger charge is -2.34. The fourth-order valence-corrected chi connectivity index (χ4v) is 3.34. The average molecular weight is 345 g/mol. The Morgan fingerprint density at radius 2 is 2.12 bits per heavy atom. The maximum absolute atomic E-state index is 12.6. The fourth-order valence-electron chi connectivity index (χ4n) is 3.34. The van der Waals surface area contributed by atoms with Crippen LogP contribution in [0.25, 0.3) is 0 Å². The molecule has 8 nitrogen and oxygen atoms in total. The zero-order valence-electron chi connectivity index (χ0n) is 14.6. The number of likely N-dealkylation sites (tertiary alicyclic amines) is 1. The van der Waals surface area contributed by atoms with Crippen molar-refractivity contribution in [3.63, 3.8) is 0 Å². The molecule has 0 aliphatic carbocycles. The molecular weight excluding hydrogens is 322 g/mol. The minimum Gasteiger partial charge on any atom is -0.339 e. The van der Waals surface area contributed by atoms with E-state index in [1.54, 1.807) is 11.1 Å². The molecule has 1 amide bonds. The molecule has 0 spiro atoms. The van der Waals surface area contributed by atoms with E-state index in [4.69, 9.17) is 0 Å². The third kappa shape index (κ3) is 3.42. The molecule has 0 unspecified atom stereocenters. The summed E-state index contributed by atoms with van der Waals surface area (Å²) in [5.74, 6) is 0.914. The highest BCUT2D eigenvalue weighted by atomic mass is 16.2. The lowest BCUT2D eigenvalue weighted by Crippen LogP contribution is -2.45. The minimum absolute atomic E-state index is 0.0514. The van der Waals surface area contributed by atoms with Crippen LogP contribution in [0.5, 0.6) is 0 Å². The van der Waals surface area contributed by atoms with Gasteiger partial charge in [-0.2, -0.15) is 0 Å². The van der Waals surface area contributed by atoms with E-state index in [1.807, 2.05) is 6.20 Å². The van der Waals surface area contributed by atoms with E-state index in [0.29, 0.717) is 13.1 Å². The molecule has 25 heavy (non-hydrogen) atoms. The third-order valence-electron chi connectivity index (χ3n) is 4.77. The maximum atomic E-state index is 12.6. The summed E-state index contributed by atoms with van der Waals surface area (Å²) in [6.45, 7) is 3.32. The van der Waals surface area contributed by atoms with E-state index < -0.39 is 5.69 Å². The number of amides is 1. The van der Waals surface area contributed by atoms with Gasteiger partial charge in [-0.3, -0.25) is 18.7 Å². The molecule has 1 aliphatic rings. The number of rotatable bonds is 4. The van der Waals surface area contributed by atoms with Gasteiger partial charge in [0.25, 0.3) is 5.56 Å². The second-order valence-electron chi connectivity index (χ2n) is 6.36. The van der Waals surface area contributed by atoms with E-state index in [9.17, 15) is 14.4 Å². The molecule has 1 saturated heterocycles. The van der Waals surface area contributed by atoms with Gasteiger partial charge in [-0.1, -0.05) is 6.92 Å². The van der Waals surface area contributed by atoms with Crippen LogP contribution in [0.15, 0.2) is 34.2 Å². The summed E-state index contributed by atoms with van der Waals surface area (Å²) in [5.41, 5.74) is -0.851. The van der Waals surface area contributed by atoms with Crippen LogP contribution in [0.2, 0.25) is 0 Å². The Morgan fingerprint density at radius 3 is 2.88 bits per heavy atom. The van der Waals surface area contributed by atoms with Crippen molar-refractivity contribution in [3.05, 3.63) is 51.3 Å². The number of hydrogen-bond acceptors (Lipinski definition) is 4. The van der Waals surface area contributed by atoms with E-state index in [0.717, 1.165) is 29.7 Å². The van der Waals surface area contributed by atoms with E-state index in [1.165, 1.54) is 23.9 Å². The summed E-state index contributed by atoms with van der Waals surface area (Å²) in [7, 11) is 1.41. The first kappa shape index (κ1) is 17.2. The first-order valence-electron chi connectivity index (χ1n) is 8.57. The van der Waals surface area contributed by atoms with Gasteiger partial charge in [0.15, 0.2) is 0 Å². The number of piperidine rings is 1. The zero-order valence-corrected chi connectivity index (χ0v) is 14.6. The number of aryl methyl sites for hydroxylation is 1. The van der Waals surface area contributed by atoms with Gasteiger partial charge in [0.2, 0.25) is 5.91 Å². The van der Waals surface area contributed by atoms with Crippen LogP contribution < -0.4 is 11.2 Å². The Bertz CT molecular complexity index is 879. The smallest absolute Gasteiger partial charge is 0.331 e. The second kappa shape index (κ2) is 7.08. The number of hydrogen-bond donors (Lipinski definition) is 0. The Labute approximate surface area is 145 Å². The van der Waals surface area contributed by atoms with Crippen LogP contribution in [-0.2, 0) is 24.8 Å². The first-order chi connectivity index (χ1) is 12.0. The molecule has 2 aromatic rings. The molecular formula is C17H23N5O3. The van der Waals surface area contributed by atoms with Crippen LogP contribution in [0.4, 0.5) is 0 Å². The molecule has 0 N–H and O–H groups in total. The molecule has 0 saturated carbocycles. The average Bonchev–Trinajstić information content (AvgIpc) is 3.11. The normalized spacial score (nSPS) is 17.7. The fraction of sp³-hybridized carbons (Fsp3) is 0.529. The Balaban J connectivity index is 1.73. The standard InChI is InChI=1S/C17H23N5O3/c1-3-14-18-7-10-22(14)13-5-4-8-20(11-13)16(24)12-21-9-6-15(23)19(2)17(21)25/h6-7,9-10,13H,3-5,8,11-12H2,1-2H3/t13-/m0/s1. The lowest BCUT2D eigenvalue weighted by atomic mass is 10.1. The van der Waals surface area contributed by atoms with Crippen molar-refractivity contribution in [2.75, 3.05) is 13.1 Å². The van der Waals surface area contributed by atoms with Gasteiger partial charge in [-0.05, 0) is 12.8 Å². The van der Waals surface area contributed by atoms with Gasteiger partial charge in [0, 0.05) is 51.2 Å². The van der Waals surface area contributed by atoms with Gasteiger partial charge < -0.3 is 9.47 Å². The molecule has 3 rings (SSSR count). The van der Waals surface area contributed by atoms with E-state index in [2.05, 4.69) is 16.5 Å². The molecule has 1 fully saturated rings. The van der Waals surface area contributed by atoms with Crippen molar-refractivity contribution in [2.24, 2.45) is 7.05 Å². The minimum atomic E-state index is -0.475. The van der Waals surface area contributed by atoms with Crippen LogP contribution in [0.3, 0.4) is 0 Å². The summed E-state index contributed by atoms with van der Waals surface area (Å²) >= 11 is 0. The SMILES string of the molecule is CCc1nccn1[C@H]1CCCN(C(=O)Cn2ccc(=O)n(C)c2=O)C1. The summed E-state index contributed by atoms with van der Waals surface area (Å²) < 4.78 is 4.44. The number of carbonyl (C=O) groups is 1. The largest absolute Gasteiger partial charge is 0.339 e. The Hall–Kier alpha value is -2.64. The molecule has 2 aromatic heterocycles. The van der Waals surface area contributed by atoms with Crippen LogP contribution >= 0.6 is 0 Å². The summed E-state index contributed by atoms with van der Waals surface area (Å²) in [4.78, 5) is 42.3. The number of carbonyl (C=O) groups excluding carboxylic acids is 1. The summed E-state index contributed by atoms with van der Waals surface area (Å²) in [6.07, 6.45) is 7.92. The van der Waals surface area contributed by atoms with E-state index in [-0.39, 0.29) is 24.1 Å². The highest BCUT2D eigenvalue weighted by Gasteiger charge is 2.26. The lowest BCUT2D eigenvalue weighted by molar-refractivity contribution is -0.133. The van der Waals surface area contributed by atoms with Crippen molar-refractivity contribution in [2.45, 2.75) is 38.8 Å². The number of nitrogens with zero attached hydrogens (tertiary/aromatic N) is 5. The maximum Gasteiger partial charge on any atom is 0.331 e. The number of aromatic nitrogens is 4. The molecule has 1 aliphatic heterocycles. The van der Waals surface area contributed by atoms with Gasteiger partial charge in [-0.15, -0.1) is 0 Å². The quantitative estimate of drug-likeness (QED) is 0.791. The second-order valence-corrected chi connectivity index (χ2v) is 6.36. The summed E-state index contributed by atoms with van der Waals surface area (Å²) in [6, 6.07) is 1.51. The summed E-state index contributed by atoms with van der Waals surface area (Å²) in [5, 5.41) is 0. The highest BCUT2D eigenvalue weighted by molar-refractivity contribution is 5.76. The molecule has 8 heteroatoms. The molecule has 3 heterocycles. The van der Waals surface area contributed by atoms with Gasteiger partial charge in [0.1, 0.15) is 12.4 Å². The predicted molar refractivity (Wildman–Crippen MR) is 92.4 cm³/mol. The van der Waals surface area contributed by atoms with Gasteiger partial charge in [0.05, 0.1) is 6.04 Å². The van der Waals surface area contributed by atoms with Gasteiger partial charge in [-0.25, -0.2) is 9.78 Å². The number of imidazole rings is 1. The Kier molecular flexibility index (Phi) is 4.87. The molecule has 0 aromatic carbocycles. The van der Waals surface area contributed by atoms with Crippen molar-refractivity contribution in [3.8, 4) is 0 Å². The van der Waals surface area contributed by atoms with E-state index >= 15 is 0 Å². The van der Waals surface area contributed by atoms with Gasteiger partial charge >= 0.3 is 5.69 Å². The van der Waals surface area contributed by atoms with Crippen LogP contribution in [0, 0.1) is 0 Å². The monoisotopic (exact) mass is 345 g/mol. The van der Waals surface area contributed by atoms with Crippen molar-refractivity contribution in [1.82, 2.24) is 23.6 Å². The van der Waals surface area contributed by atoms with Crippen LogP contribution in [-0.4, -0.2) is 42.6 Å². The highest BCUT2D eigenvalue weighted by Crippen LogP contribution is 2.23. The first-order valence-corrected chi connectivity index (χ1v) is 8.57. The zero-order chi connectivity index (χ0) is 18.0. The third-order valence-corrected chi connectivity index (χ3v) is 4.77. The molecule has 0 bridgehead atoms. The van der Waals surface area contributed by atoms with Crippen molar-refractivity contribution in [1.29, 1.82) is 0 Å².